The van der Waals surface area contributed by atoms with Crippen LogP contribution in [0.2, 0.25) is 0 Å². The fourth-order valence-electron chi connectivity index (χ4n) is 4.51. The normalized spacial score (nSPS) is 13.0. The first-order valence-electron chi connectivity index (χ1n) is 15.5. The van der Waals surface area contributed by atoms with Crippen LogP contribution in [0.15, 0.2) is 14.4 Å². The Balaban J connectivity index is 3.44. The van der Waals surface area contributed by atoms with E-state index in [-0.39, 0.29) is 17.8 Å². The molecular formula is C30H48N6O12. The number of esters is 3. The van der Waals surface area contributed by atoms with Gasteiger partial charge in [0.15, 0.2) is 0 Å². The second-order valence-corrected chi connectivity index (χ2v) is 12.0. The molecule has 1 rings (SSSR count). The SMILES string of the molecule is COC(=O)[C@@H](NC(=O)CCn1c(=O)n(CCC(=O)N[C@H](C(=O)OC)C(C)C)c(=O)n(CCC(=O)N[C@H](C(=O)OC)C(C)C)c1=O)C(C)C. The molecule has 0 radical (unpaired) electrons. The molecule has 0 spiro atoms. The number of nitrogens with one attached hydrogen (secondary N) is 3. The van der Waals surface area contributed by atoms with E-state index in [1.807, 2.05) is 0 Å². The summed E-state index contributed by atoms with van der Waals surface area (Å²) in [4.78, 5) is 115. The van der Waals surface area contributed by atoms with Gasteiger partial charge in [0.1, 0.15) is 18.1 Å². The van der Waals surface area contributed by atoms with Crippen molar-refractivity contribution in [1.82, 2.24) is 29.7 Å². The Bertz CT molecular complexity index is 1300. The van der Waals surface area contributed by atoms with Gasteiger partial charge in [-0.2, -0.15) is 0 Å². The largest absolute Gasteiger partial charge is 0.467 e. The smallest absolute Gasteiger partial charge is 0.336 e. The highest BCUT2D eigenvalue weighted by Crippen LogP contribution is 2.06. The number of hydrogen-bond donors (Lipinski definition) is 3. The summed E-state index contributed by atoms with van der Waals surface area (Å²) in [6.07, 6.45) is -1.38. The minimum absolute atomic E-state index is 0.343. The zero-order valence-corrected chi connectivity index (χ0v) is 28.9. The predicted octanol–water partition coefficient (Wildman–Crippen LogP) is -1.72. The number of hydrogen-bond acceptors (Lipinski definition) is 12. The van der Waals surface area contributed by atoms with Crippen molar-refractivity contribution in [2.24, 2.45) is 17.8 Å². The van der Waals surface area contributed by atoms with Gasteiger partial charge in [-0.25, -0.2) is 42.5 Å². The average Bonchev–Trinajstić information content (AvgIpc) is 3.03. The molecule has 48 heavy (non-hydrogen) atoms. The van der Waals surface area contributed by atoms with Gasteiger partial charge in [0.25, 0.3) is 0 Å². The first-order chi connectivity index (χ1) is 22.4. The van der Waals surface area contributed by atoms with Crippen molar-refractivity contribution in [3.63, 3.8) is 0 Å². The summed E-state index contributed by atoms with van der Waals surface area (Å²) in [5.41, 5.74) is -3.38. The van der Waals surface area contributed by atoms with Gasteiger partial charge in [0, 0.05) is 38.9 Å². The lowest BCUT2D eigenvalue weighted by Crippen LogP contribution is -2.55. The first kappa shape index (κ1) is 41.3. The first-order valence-corrected chi connectivity index (χ1v) is 15.5. The van der Waals surface area contributed by atoms with Gasteiger partial charge in [0.05, 0.1) is 21.3 Å². The molecule has 1 aromatic rings. The van der Waals surface area contributed by atoms with Crippen LogP contribution >= 0.6 is 0 Å². The number of ether oxygens (including phenoxy) is 3. The standard InChI is InChI=1S/C30H48N6O12/c1-16(2)22(25(40)46-7)31-19(37)10-13-34-28(43)35(14-11-20(38)32-23(17(3)4)26(41)47-8)30(45)36(29(34)44)15-12-21(39)33-24(18(5)6)27(42)48-9/h16-18,22-24H,10-15H2,1-9H3,(H,31,37)(H,32,38)(H,33,39)/t22-,23-,24-/m0/s1. The van der Waals surface area contributed by atoms with Gasteiger partial charge in [0.2, 0.25) is 17.7 Å². The molecule has 0 aliphatic heterocycles. The molecule has 18 heteroatoms. The zero-order valence-electron chi connectivity index (χ0n) is 28.9. The maximum absolute atomic E-state index is 13.4. The number of methoxy groups -OCH3 is 3. The maximum Gasteiger partial charge on any atom is 0.336 e. The highest BCUT2D eigenvalue weighted by Gasteiger charge is 2.28. The molecule has 0 saturated heterocycles. The number of aromatic nitrogens is 3. The van der Waals surface area contributed by atoms with Crippen molar-refractivity contribution in [3.8, 4) is 0 Å². The third-order valence-electron chi connectivity index (χ3n) is 7.39. The highest BCUT2D eigenvalue weighted by atomic mass is 16.5. The van der Waals surface area contributed by atoms with Crippen molar-refractivity contribution in [2.45, 2.75) is 98.6 Å². The number of carbonyl (C=O) groups is 6. The second kappa shape index (κ2) is 19.1. The Hall–Kier alpha value is -4.77. The fourth-order valence-corrected chi connectivity index (χ4v) is 4.51. The lowest BCUT2D eigenvalue weighted by Gasteiger charge is -2.21. The summed E-state index contributed by atoms with van der Waals surface area (Å²) in [5, 5.41) is 7.48. The van der Waals surface area contributed by atoms with Gasteiger partial charge in [-0.15, -0.1) is 0 Å². The highest BCUT2D eigenvalue weighted by molar-refractivity contribution is 5.85. The number of rotatable bonds is 18. The molecule has 18 nitrogen and oxygen atoms in total. The molecule has 0 aliphatic rings. The lowest BCUT2D eigenvalue weighted by atomic mass is 10.0. The van der Waals surface area contributed by atoms with E-state index in [0.717, 1.165) is 21.3 Å². The van der Waals surface area contributed by atoms with Crippen LogP contribution in [0.1, 0.15) is 60.8 Å². The second-order valence-electron chi connectivity index (χ2n) is 12.0. The van der Waals surface area contributed by atoms with E-state index in [9.17, 15) is 43.2 Å². The molecule has 3 N–H and O–H groups in total. The molecule has 0 aliphatic carbocycles. The molecule has 0 unspecified atom stereocenters. The average molecular weight is 685 g/mol. The van der Waals surface area contributed by atoms with E-state index in [1.54, 1.807) is 41.5 Å². The summed E-state index contributed by atoms with van der Waals surface area (Å²) in [6.45, 7) is 8.49. The quantitative estimate of drug-likeness (QED) is 0.116. The van der Waals surface area contributed by atoms with E-state index in [1.165, 1.54) is 0 Å². The Morgan fingerprint density at radius 1 is 0.479 bits per heavy atom. The molecular weight excluding hydrogens is 636 g/mol. The van der Waals surface area contributed by atoms with E-state index >= 15 is 0 Å². The lowest BCUT2D eigenvalue weighted by molar-refractivity contribution is -0.146. The van der Waals surface area contributed by atoms with Crippen molar-refractivity contribution >= 4 is 35.6 Å². The summed E-state index contributed by atoms with van der Waals surface area (Å²) < 4.78 is 15.9. The van der Waals surface area contributed by atoms with Crippen LogP contribution in [0.25, 0.3) is 0 Å². The van der Waals surface area contributed by atoms with E-state index in [0.29, 0.717) is 13.7 Å². The Morgan fingerprint density at radius 2 is 0.688 bits per heavy atom. The summed E-state index contributed by atoms with van der Waals surface area (Å²) >= 11 is 0. The third kappa shape index (κ3) is 11.5. The topological polar surface area (TPSA) is 232 Å². The van der Waals surface area contributed by atoms with Crippen molar-refractivity contribution in [2.75, 3.05) is 21.3 Å². The van der Waals surface area contributed by atoms with E-state index < -0.39 is 110 Å². The number of amides is 3. The number of nitrogens with zero attached hydrogens (tertiary/aromatic N) is 3. The van der Waals surface area contributed by atoms with Crippen LogP contribution in [0.5, 0.6) is 0 Å². The van der Waals surface area contributed by atoms with E-state index in [2.05, 4.69) is 16.0 Å². The predicted molar refractivity (Wildman–Crippen MR) is 169 cm³/mol. The minimum Gasteiger partial charge on any atom is -0.467 e. The molecule has 3 atom stereocenters. The molecule has 0 bridgehead atoms. The summed E-state index contributed by atoms with van der Waals surface area (Å²) in [5.74, 6) is -5.19. The van der Waals surface area contributed by atoms with Gasteiger partial charge < -0.3 is 30.2 Å². The van der Waals surface area contributed by atoms with Crippen molar-refractivity contribution in [3.05, 3.63) is 31.5 Å². The van der Waals surface area contributed by atoms with E-state index in [4.69, 9.17) is 14.2 Å². The van der Waals surface area contributed by atoms with Gasteiger partial charge >= 0.3 is 35.0 Å². The molecule has 0 fully saturated rings. The van der Waals surface area contributed by atoms with Crippen LogP contribution in [-0.4, -0.2) is 88.8 Å². The van der Waals surface area contributed by atoms with Crippen LogP contribution < -0.4 is 33.0 Å². The maximum atomic E-state index is 13.4. The molecule has 1 heterocycles. The molecule has 0 aromatic carbocycles. The van der Waals surface area contributed by atoms with Crippen LogP contribution in [0.3, 0.4) is 0 Å². The Morgan fingerprint density at radius 3 is 0.854 bits per heavy atom. The van der Waals surface area contributed by atoms with Gasteiger partial charge in [-0.1, -0.05) is 41.5 Å². The van der Waals surface area contributed by atoms with Gasteiger partial charge in [-0.05, 0) is 17.8 Å². The monoisotopic (exact) mass is 684 g/mol. The molecule has 3 amide bonds. The Kier molecular flexibility index (Phi) is 16.5. The third-order valence-corrected chi connectivity index (χ3v) is 7.39. The number of carbonyl (C=O) groups excluding carboxylic acids is 6. The minimum atomic E-state index is -1.13. The summed E-state index contributed by atoms with van der Waals surface area (Å²) in [6, 6.07) is -3.00. The Labute approximate surface area is 277 Å². The van der Waals surface area contributed by atoms with Crippen LogP contribution in [-0.2, 0) is 62.6 Å². The molecule has 0 saturated carbocycles. The van der Waals surface area contributed by atoms with Crippen LogP contribution in [0.4, 0.5) is 0 Å². The summed E-state index contributed by atoms with van der Waals surface area (Å²) in [7, 11) is 3.48. The zero-order chi connectivity index (χ0) is 36.9. The fraction of sp³-hybridized carbons (Fsp3) is 0.700. The molecule has 1 aromatic heterocycles. The van der Waals surface area contributed by atoms with Crippen molar-refractivity contribution < 1.29 is 43.0 Å². The van der Waals surface area contributed by atoms with Crippen LogP contribution in [0, 0.1) is 17.8 Å². The van der Waals surface area contributed by atoms with Gasteiger partial charge in [-0.3, -0.25) is 14.4 Å². The van der Waals surface area contributed by atoms with Crippen molar-refractivity contribution in [1.29, 1.82) is 0 Å². The molecule has 270 valence electrons.